The molecule has 4 heteroatoms. The second-order valence-electron chi connectivity index (χ2n) is 4.46. The zero-order valence-electron chi connectivity index (χ0n) is 11.2. The Labute approximate surface area is 113 Å². The van der Waals surface area contributed by atoms with Gasteiger partial charge < -0.3 is 9.47 Å². The summed E-state index contributed by atoms with van der Waals surface area (Å²) in [6.45, 7) is 3.57. The van der Waals surface area contributed by atoms with Crippen LogP contribution in [0.1, 0.15) is 5.56 Å². The van der Waals surface area contributed by atoms with Crippen molar-refractivity contribution in [2.24, 2.45) is 0 Å². The van der Waals surface area contributed by atoms with Gasteiger partial charge in [-0.15, -0.1) is 0 Å². The van der Waals surface area contributed by atoms with Crippen molar-refractivity contribution in [2.45, 2.75) is 0 Å². The van der Waals surface area contributed by atoms with Gasteiger partial charge in [-0.2, -0.15) is 0 Å². The lowest BCUT2D eigenvalue weighted by Crippen LogP contribution is -2.39. The van der Waals surface area contributed by atoms with E-state index in [0.717, 1.165) is 37.6 Å². The fourth-order valence-electron chi connectivity index (χ4n) is 1.94. The summed E-state index contributed by atoms with van der Waals surface area (Å²) in [5.41, 5.74) is 0.996. The van der Waals surface area contributed by atoms with Crippen molar-refractivity contribution < 1.29 is 14.3 Å². The summed E-state index contributed by atoms with van der Waals surface area (Å²) in [4.78, 5) is 13.9. The summed E-state index contributed by atoms with van der Waals surface area (Å²) in [5.74, 6) is 0.939. The molecule has 19 heavy (non-hydrogen) atoms. The number of ether oxygens (including phenoxy) is 2. The molecule has 0 amide bonds. The van der Waals surface area contributed by atoms with Gasteiger partial charge in [-0.3, -0.25) is 9.69 Å². The highest BCUT2D eigenvalue weighted by Crippen LogP contribution is 2.12. The third-order valence-corrected chi connectivity index (χ3v) is 3.06. The predicted octanol–water partition coefficient (Wildman–Crippen LogP) is 1.61. The Morgan fingerprint density at radius 3 is 2.63 bits per heavy atom. The van der Waals surface area contributed by atoms with E-state index in [4.69, 9.17) is 9.47 Å². The number of hydrogen-bond acceptors (Lipinski definition) is 4. The average Bonchev–Trinajstić information content (AvgIpc) is 2.47. The minimum atomic E-state index is 0.123. The van der Waals surface area contributed by atoms with E-state index in [2.05, 4.69) is 4.90 Å². The summed E-state index contributed by atoms with van der Waals surface area (Å²) in [6.07, 6.45) is 3.47. The van der Waals surface area contributed by atoms with Gasteiger partial charge in [0, 0.05) is 13.1 Å². The van der Waals surface area contributed by atoms with Crippen LogP contribution in [0.4, 0.5) is 0 Å². The van der Waals surface area contributed by atoms with E-state index in [1.165, 1.54) is 0 Å². The van der Waals surface area contributed by atoms with Gasteiger partial charge in [0.1, 0.15) is 5.75 Å². The smallest absolute Gasteiger partial charge is 0.169 e. The molecule has 0 N–H and O–H groups in total. The van der Waals surface area contributed by atoms with Crippen LogP contribution in [0.15, 0.2) is 30.3 Å². The Morgan fingerprint density at radius 2 is 2.00 bits per heavy atom. The number of hydrogen-bond donors (Lipinski definition) is 0. The lowest BCUT2D eigenvalue weighted by atomic mass is 10.2. The number of carbonyl (C=O) groups excluding carboxylic acids is 1. The molecule has 1 saturated heterocycles. The minimum absolute atomic E-state index is 0.123. The van der Waals surface area contributed by atoms with E-state index < -0.39 is 0 Å². The molecular weight excluding hydrogens is 242 g/mol. The topological polar surface area (TPSA) is 38.8 Å². The summed E-state index contributed by atoms with van der Waals surface area (Å²) in [5, 5.41) is 0. The lowest BCUT2D eigenvalue weighted by molar-refractivity contribution is -0.116. The number of morpholine rings is 1. The predicted molar refractivity (Wildman–Crippen MR) is 74.3 cm³/mol. The van der Waals surface area contributed by atoms with Crippen LogP contribution in [0.5, 0.6) is 5.75 Å². The Hall–Kier alpha value is -1.65. The molecule has 0 spiro atoms. The van der Waals surface area contributed by atoms with Crippen molar-refractivity contribution in [3.8, 4) is 5.75 Å². The maximum Gasteiger partial charge on any atom is 0.169 e. The SMILES string of the molecule is COc1ccc(/C=C/C(=O)CN2CCOCC2)cc1. The van der Waals surface area contributed by atoms with E-state index in [1.807, 2.05) is 30.3 Å². The second kappa shape index (κ2) is 7.07. The molecule has 0 aromatic heterocycles. The van der Waals surface area contributed by atoms with Crippen molar-refractivity contribution in [2.75, 3.05) is 40.0 Å². The van der Waals surface area contributed by atoms with Crippen LogP contribution < -0.4 is 4.74 Å². The fourth-order valence-corrected chi connectivity index (χ4v) is 1.94. The van der Waals surface area contributed by atoms with Gasteiger partial charge in [0.15, 0.2) is 5.78 Å². The lowest BCUT2D eigenvalue weighted by Gasteiger charge is -2.25. The number of methoxy groups -OCH3 is 1. The molecule has 1 aromatic carbocycles. The van der Waals surface area contributed by atoms with Crippen LogP contribution in [-0.4, -0.2) is 50.6 Å². The second-order valence-corrected chi connectivity index (χ2v) is 4.46. The quantitative estimate of drug-likeness (QED) is 0.755. The molecule has 0 unspecified atom stereocenters. The molecule has 0 atom stereocenters. The normalized spacial score (nSPS) is 16.7. The molecule has 1 aliphatic heterocycles. The number of carbonyl (C=O) groups is 1. The Bertz CT molecular complexity index is 433. The highest BCUT2D eigenvalue weighted by molar-refractivity contribution is 5.95. The van der Waals surface area contributed by atoms with Crippen molar-refractivity contribution >= 4 is 11.9 Å². The monoisotopic (exact) mass is 261 g/mol. The molecule has 1 aliphatic rings. The van der Waals surface area contributed by atoms with Crippen LogP contribution in [0, 0.1) is 0 Å². The highest BCUT2D eigenvalue weighted by atomic mass is 16.5. The summed E-state index contributed by atoms with van der Waals surface area (Å²) in [7, 11) is 1.64. The first kappa shape index (κ1) is 13.8. The molecule has 1 heterocycles. The molecule has 4 nitrogen and oxygen atoms in total. The first-order chi connectivity index (χ1) is 9.28. The van der Waals surface area contributed by atoms with E-state index in [1.54, 1.807) is 13.2 Å². The third-order valence-electron chi connectivity index (χ3n) is 3.06. The van der Waals surface area contributed by atoms with E-state index in [9.17, 15) is 4.79 Å². The molecule has 1 fully saturated rings. The van der Waals surface area contributed by atoms with Gasteiger partial charge in [-0.25, -0.2) is 0 Å². The molecule has 0 radical (unpaired) electrons. The molecule has 1 aromatic rings. The van der Waals surface area contributed by atoms with Gasteiger partial charge in [-0.05, 0) is 23.8 Å². The average molecular weight is 261 g/mol. The fraction of sp³-hybridized carbons (Fsp3) is 0.400. The molecule has 2 rings (SSSR count). The van der Waals surface area contributed by atoms with Gasteiger partial charge in [0.05, 0.1) is 26.9 Å². The Morgan fingerprint density at radius 1 is 1.32 bits per heavy atom. The van der Waals surface area contributed by atoms with Crippen LogP contribution in [0.2, 0.25) is 0 Å². The summed E-state index contributed by atoms with van der Waals surface area (Å²) >= 11 is 0. The van der Waals surface area contributed by atoms with Crippen molar-refractivity contribution in [3.05, 3.63) is 35.9 Å². The van der Waals surface area contributed by atoms with Crippen LogP contribution >= 0.6 is 0 Å². The first-order valence-corrected chi connectivity index (χ1v) is 6.43. The maximum atomic E-state index is 11.8. The Balaban J connectivity index is 1.84. The van der Waals surface area contributed by atoms with Crippen molar-refractivity contribution in [3.63, 3.8) is 0 Å². The summed E-state index contributed by atoms with van der Waals surface area (Å²) in [6, 6.07) is 7.62. The number of nitrogens with zero attached hydrogens (tertiary/aromatic N) is 1. The van der Waals surface area contributed by atoms with E-state index in [-0.39, 0.29) is 5.78 Å². The molecule has 0 saturated carbocycles. The number of ketones is 1. The first-order valence-electron chi connectivity index (χ1n) is 6.43. The van der Waals surface area contributed by atoms with Crippen LogP contribution in [0.3, 0.4) is 0 Å². The van der Waals surface area contributed by atoms with E-state index in [0.29, 0.717) is 6.54 Å². The van der Waals surface area contributed by atoms with Gasteiger partial charge in [0.25, 0.3) is 0 Å². The third kappa shape index (κ3) is 4.50. The zero-order valence-corrected chi connectivity index (χ0v) is 11.2. The van der Waals surface area contributed by atoms with Gasteiger partial charge in [0.2, 0.25) is 0 Å². The number of benzene rings is 1. The molecular formula is C15H19NO3. The van der Waals surface area contributed by atoms with Gasteiger partial charge >= 0.3 is 0 Å². The van der Waals surface area contributed by atoms with Crippen molar-refractivity contribution in [1.82, 2.24) is 4.90 Å². The van der Waals surface area contributed by atoms with Crippen LogP contribution in [0.25, 0.3) is 6.08 Å². The Kier molecular flexibility index (Phi) is 5.12. The van der Waals surface area contributed by atoms with E-state index >= 15 is 0 Å². The zero-order chi connectivity index (χ0) is 13.5. The maximum absolute atomic E-state index is 11.8. The largest absolute Gasteiger partial charge is 0.497 e. The summed E-state index contributed by atoms with van der Waals surface area (Å²) < 4.78 is 10.3. The molecule has 0 aliphatic carbocycles. The van der Waals surface area contributed by atoms with Crippen molar-refractivity contribution in [1.29, 1.82) is 0 Å². The van der Waals surface area contributed by atoms with Crippen LogP contribution in [-0.2, 0) is 9.53 Å². The number of rotatable bonds is 5. The molecule has 102 valence electrons. The molecule has 0 bridgehead atoms. The minimum Gasteiger partial charge on any atom is -0.497 e. The van der Waals surface area contributed by atoms with Gasteiger partial charge in [-0.1, -0.05) is 18.2 Å². The standard InChI is InChI=1S/C15H19NO3/c1-18-15-6-3-13(4-7-15)2-5-14(17)12-16-8-10-19-11-9-16/h2-7H,8-12H2,1H3/b5-2+. The highest BCUT2D eigenvalue weighted by Gasteiger charge is 2.12.